The van der Waals surface area contributed by atoms with Crippen LogP contribution in [0.25, 0.3) is 0 Å². The van der Waals surface area contributed by atoms with Crippen LogP contribution in [-0.2, 0) is 0 Å². The van der Waals surface area contributed by atoms with E-state index in [0.29, 0.717) is 0 Å². The summed E-state index contributed by atoms with van der Waals surface area (Å²) in [5.74, 6) is 0.924. The Hall–Kier alpha value is -0.770. The van der Waals surface area contributed by atoms with E-state index in [-0.39, 0.29) is 5.54 Å². The van der Waals surface area contributed by atoms with Crippen molar-refractivity contribution in [3.05, 3.63) is 29.3 Å². The number of hydrogen-bond donors (Lipinski definition) is 1. The van der Waals surface area contributed by atoms with Crippen LogP contribution in [0.15, 0.2) is 24.3 Å². The van der Waals surface area contributed by atoms with Crippen molar-refractivity contribution in [1.82, 2.24) is 4.90 Å². The molecule has 0 radical (unpaired) electrons. The predicted octanol–water partition coefficient (Wildman–Crippen LogP) is 2.98. The third-order valence-corrected chi connectivity index (χ3v) is 5.35. The fourth-order valence-corrected chi connectivity index (χ4v) is 3.57. The average molecular weight is 308 g/mol. The molecule has 1 saturated carbocycles. The topological polar surface area (TPSA) is 32.5 Å². The quantitative estimate of drug-likeness (QED) is 0.907. The van der Waals surface area contributed by atoms with Gasteiger partial charge in [0.15, 0.2) is 0 Å². The molecule has 1 saturated heterocycles. The number of halogens is 1. The molecule has 2 N–H and O–H groups in total. The average Bonchev–Trinajstić information content (AvgIpc) is 3.32. The summed E-state index contributed by atoms with van der Waals surface area (Å²) >= 11 is 5.97. The van der Waals surface area contributed by atoms with E-state index in [9.17, 15) is 0 Å². The summed E-state index contributed by atoms with van der Waals surface area (Å²) in [5, 5.41) is 0.803. The summed E-state index contributed by atoms with van der Waals surface area (Å²) in [7, 11) is 0. The first-order valence-corrected chi connectivity index (χ1v) is 8.44. The van der Waals surface area contributed by atoms with Gasteiger partial charge in [-0.2, -0.15) is 0 Å². The minimum absolute atomic E-state index is 0.188. The molecule has 1 heterocycles. The van der Waals surface area contributed by atoms with Crippen LogP contribution in [0.3, 0.4) is 0 Å². The van der Waals surface area contributed by atoms with Crippen LogP contribution in [-0.4, -0.2) is 43.2 Å². The monoisotopic (exact) mass is 307 g/mol. The van der Waals surface area contributed by atoms with Gasteiger partial charge >= 0.3 is 0 Å². The zero-order valence-corrected chi connectivity index (χ0v) is 13.6. The smallest absolute Gasteiger partial charge is 0.0407 e. The van der Waals surface area contributed by atoms with Gasteiger partial charge < -0.3 is 10.6 Å². The Morgan fingerprint density at radius 3 is 2.29 bits per heavy atom. The molecule has 116 valence electrons. The van der Waals surface area contributed by atoms with Crippen molar-refractivity contribution < 1.29 is 0 Å². The van der Waals surface area contributed by atoms with Crippen LogP contribution in [0.2, 0.25) is 5.02 Å². The fraction of sp³-hybridized carbons (Fsp3) is 0.647. The van der Waals surface area contributed by atoms with Crippen LogP contribution in [0.1, 0.15) is 26.2 Å². The lowest BCUT2D eigenvalue weighted by molar-refractivity contribution is 0.0890. The van der Waals surface area contributed by atoms with E-state index in [2.05, 4.69) is 28.9 Å². The van der Waals surface area contributed by atoms with Crippen LogP contribution in [0, 0.1) is 5.92 Å². The minimum atomic E-state index is 0.188. The van der Waals surface area contributed by atoms with E-state index in [4.69, 9.17) is 17.3 Å². The van der Waals surface area contributed by atoms with Crippen LogP contribution >= 0.6 is 11.6 Å². The van der Waals surface area contributed by atoms with E-state index in [1.54, 1.807) is 0 Å². The molecule has 0 aromatic heterocycles. The maximum atomic E-state index is 6.11. The van der Waals surface area contributed by atoms with Crippen molar-refractivity contribution in [3.63, 3.8) is 0 Å². The largest absolute Gasteiger partial charge is 0.369 e. The summed E-state index contributed by atoms with van der Waals surface area (Å²) in [6.07, 6.45) is 4.07. The molecule has 4 heteroatoms. The van der Waals surface area contributed by atoms with Crippen molar-refractivity contribution in [3.8, 4) is 0 Å². The molecule has 21 heavy (non-hydrogen) atoms. The zero-order chi connectivity index (χ0) is 14.9. The Morgan fingerprint density at radius 1 is 1.14 bits per heavy atom. The number of hydrogen-bond acceptors (Lipinski definition) is 3. The van der Waals surface area contributed by atoms with Crippen LogP contribution in [0.4, 0.5) is 5.69 Å². The van der Waals surface area contributed by atoms with Crippen LogP contribution < -0.4 is 10.6 Å². The van der Waals surface area contributed by atoms with E-state index in [1.165, 1.54) is 24.9 Å². The first-order chi connectivity index (χ1) is 10.1. The molecule has 1 aromatic rings. The molecule has 0 bridgehead atoms. The molecule has 1 atom stereocenters. The lowest BCUT2D eigenvalue weighted by Gasteiger charge is -2.46. The highest BCUT2D eigenvalue weighted by Crippen LogP contribution is 2.39. The molecule has 2 fully saturated rings. The normalized spacial score (nSPS) is 23.1. The number of nitrogens with zero attached hydrogens (tertiary/aromatic N) is 2. The van der Waals surface area contributed by atoms with Gasteiger partial charge in [-0.15, -0.1) is 0 Å². The van der Waals surface area contributed by atoms with Gasteiger partial charge in [-0.25, -0.2) is 0 Å². The molecule has 3 rings (SSSR count). The van der Waals surface area contributed by atoms with Crippen molar-refractivity contribution >= 4 is 17.3 Å². The second-order valence-corrected chi connectivity index (χ2v) is 7.24. The number of anilines is 1. The first kappa shape index (κ1) is 15.1. The standard InChI is InChI=1S/C17H26ClN3/c1-17(13-19,12-14-2-3-14)21-10-8-20(9-11-21)16-6-4-15(18)5-7-16/h4-7,14H,2-3,8-13,19H2,1H3. The van der Waals surface area contributed by atoms with Gasteiger partial charge in [-0.1, -0.05) is 24.4 Å². The van der Waals surface area contributed by atoms with Gasteiger partial charge in [0, 0.05) is 49.0 Å². The van der Waals surface area contributed by atoms with Gasteiger partial charge in [0.2, 0.25) is 0 Å². The van der Waals surface area contributed by atoms with Crippen molar-refractivity contribution in [2.45, 2.75) is 31.7 Å². The predicted molar refractivity (Wildman–Crippen MR) is 90.0 cm³/mol. The lowest BCUT2D eigenvalue weighted by atomic mass is 9.91. The molecule has 1 aromatic carbocycles. The molecular weight excluding hydrogens is 282 g/mol. The third kappa shape index (κ3) is 3.53. The SMILES string of the molecule is CC(CN)(CC1CC1)N1CCN(c2ccc(Cl)cc2)CC1. The zero-order valence-electron chi connectivity index (χ0n) is 12.9. The minimum Gasteiger partial charge on any atom is -0.369 e. The van der Waals surface area contributed by atoms with E-state index < -0.39 is 0 Å². The maximum Gasteiger partial charge on any atom is 0.0407 e. The van der Waals surface area contributed by atoms with Gasteiger partial charge in [0.05, 0.1) is 0 Å². The van der Waals surface area contributed by atoms with E-state index >= 15 is 0 Å². The molecule has 1 aliphatic carbocycles. The molecule has 1 unspecified atom stereocenters. The number of rotatable bonds is 5. The second-order valence-electron chi connectivity index (χ2n) is 6.80. The van der Waals surface area contributed by atoms with Crippen molar-refractivity contribution in [2.24, 2.45) is 11.7 Å². The third-order valence-electron chi connectivity index (χ3n) is 5.10. The number of piperazine rings is 1. The molecular formula is C17H26ClN3. The molecule has 2 aliphatic rings. The Kier molecular flexibility index (Phi) is 4.43. The second kappa shape index (κ2) is 6.15. The van der Waals surface area contributed by atoms with Gasteiger partial charge in [-0.05, 0) is 43.5 Å². The summed E-state index contributed by atoms with van der Waals surface area (Å²) < 4.78 is 0. The summed E-state index contributed by atoms with van der Waals surface area (Å²) in [4.78, 5) is 5.05. The molecule has 0 spiro atoms. The number of nitrogens with two attached hydrogens (primary N) is 1. The van der Waals surface area contributed by atoms with Gasteiger partial charge in [-0.3, -0.25) is 4.90 Å². The number of benzene rings is 1. The van der Waals surface area contributed by atoms with E-state index in [1.807, 2.05) is 12.1 Å². The molecule has 1 aliphatic heterocycles. The van der Waals surface area contributed by atoms with Crippen molar-refractivity contribution in [1.29, 1.82) is 0 Å². The summed E-state index contributed by atoms with van der Waals surface area (Å²) in [6, 6.07) is 8.18. The maximum absolute atomic E-state index is 6.11. The summed E-state index contributed by atoms with van der Waals surface area (Å²) in [5.41, 5.74) is 7.57. The Morgan fingerprint density at radius 2 is 1.76 bits per heavy atom. The van der Waals surface area contributed by atoms with Gasteiger partial charge in [0.25, 0.3) is 0 Å². The Balaban J connectivity index is 1.59. The first-order valence-electron chi connectivity index (χ1n) is 8.06. The Bertz CT molecular complexity index is 463. The van der Waals surface area contributed by atoms with Crippen LogP contribution in [0.5, 0.6) is 0 Å². The molecule has 0 amide bonds. The molecule has 3 nitrogen and oxygen atoms in total. The lowest BCUT2D eigenvalue weighted by Crippen LogP contribution is -2.59. The van der Waals surface area contributed by atoms with E-state index in [0.717, 1.165) is 43.7 Å². The highest BCUT2D eigenvalue weighted by molar-refractivity contribution is 6.30. The van der Waals surface area contributed by atoms with Crippen molar-refractivity contribution in [2.75, 3.05) is 37.6 Å². The Labute approximate surface area is 133 Å². The highest BCUT2D eigenvalue weighted by Gasteiger charge is 2.38. The van der Waals surface area contributed by atoms with Gasteiger partial charge in [0.1, 0.15) is 0 Å². The highest BCUT2D eigenvalue weighted by atomic mass is 35.5. The summed E-state index contributed by atoms with van der Waals surface area (Å²) in [6.45, 7) is 7.46. The fourth-order valence-electron chi connectivity index (χ4n) is 3.44.